The molecule has 0 radical (unpaired) electrons. The second-order valence-electron chi connectivity index (χ2n) is 7.83. The molecule has 0 bridgehead atoms. The molecular formula is C26H22ClNO6S. The Balaban J connectivity index is 1.93. The molecule has 35 heavy (non-hydrogen) atoms. The topological polar surface area (TPSA) is 93.9 Å². The van der Waals surface area contributed by atoms with Crippen LogP contribution in [0.2, 0.25) is 5.02 Å². The number of hydrogen-bond donors (Lipinski definition) is 0. The molecule has 0 saturated carbocycles. The molecule has 9 heteroatoms. The largest absolute Gasteiger partial charge is 0.462 e. The molecule has 4 aromatic rings. The van der Waals surface area contributed by atoms with Crippen LogP contribution in [-0.2, 0) is 14.8 Å². The molecule has 0 saturated heterocycles. The van der Waals surface area contributed by atoms with Gasteiger partial charge < -0.3 is 9.15 Å². The van der Waals surface area contributed by atoms with Gasteiger partial charge in [-0.25, -0.2) is 13.2 Å². The molecule has 0 atom stereocenters. The first kappa shape index (κ1) is 24.5. The fourth-order valence-electron chi connectivity index (χ4n) is 3.68. The van der Waals surface area contributed by atoms with Crippen LogP contribution in [0, 0.1) is 13.8 Å². The Morgan fingerprint density at radius 2 is 1.63 bits per heavy atom. The van der Waals surface area contributed by atoms with E-state index in [1.165, 1.54) is 54.6 Å². The Morgan fingerprint density at radius 3 is 2.26 bits per heavy atom. The second kappa shape index (κ2) is 9.56. The molecule has 0 aliphatic heterocycles. The number of halogens is 1. The normalized spacial score (nSPS) is 11.4. The van der Waals surface area contributed by atoms with E-state index in [0.29, 0.717) is 21.8 Å². The van der Waals surface area contributed by atoms with E-state index >= 15 is 0 Å². The van der Waals surface area contributed by atoms with Gasteiger partial charge in [0.2, 0.25) is 0 Å². The number of carbonyl (C=O) groups excluding carboxylic acids is 2. The summed E-state index contributed by atoms with van der Waals surface area (Å²) < 4.78 is 39.0. The molecule has 4 rings (SSSR count). The molecule has 3 aromatic carbocycles. The first-order chi connectivity index (χ1) is 16.6. The Labute approximate surface area is 207 Å². The van der Waals surface area contributed by atoms with Crippen molar-refractivity contribution in [3.05, 3.63) is 94.2 Å². The monoisotopic (exact) mass is 511 g/mol. The van der Waals surface area contributed by atoms with E-state index in [-0.39, 0.29) is 28.3 Å². The summed E-state index contributed by atoms with van der Waals surface area (Å²) in [4.78, 5) is 26.1. The first-order valence-corrected chi connectivity index (χ1v) is 12.6. The van der Waals surface area contributed by atoms with Gasteiger partial charge in [-0.1, -0.05) is 29.3 Å². The highest BCUT2D eigenvalue weighted by molar-refractivity contribution is 7.93. The summed E-state index contributed by atoms with van der Waals surface area (Å²) in [6, 6.07) is 16.5. The Morgan fingerprint density at radius 1 is 0.971 bits per heavy atom. The third kappa shape index (κ3) is 4.67. The second-order valence-corrected chi connectivity index (χ2v) is 10.1. The summed E-state index contributed by atoms with van der Waals surface area (Å²) in [5.74, 6) is -1.05. The van der Waals surface area contributed by atoms with E-state index in [4.69, 9.17) is 20.8 Å². The lowest BCUT2D eigenvalue weighted by atomic mass is 10.1. The first-order valence-electron chi connectivity index (χ1n) is 10.8. The van der Waals surface area contributed by atoms with Crippen molar-refractivity contribution in [2.45, 2.75) is 25.7 Å². The minimum Gasteiger partial charge on any atom is -0.462 e. The number of benzene rings is 3. The number of furan rings is 1. The number of fused-ring (bicyclic) bond motifs is 1. The van der Waals surface area contributed by atoms with Gasteiger partial charge in [0.05, 0.1) is 17.2 Å². The van der Waals surface area contributed by atoms with E-state index in [9.17, 15) is 18.0 Å². The quantitative estimate of drug-likeness (QED) is 0.298. The maximum Gasteiger partial charge on any atom is 0.342 e. The van der Waals surface area contributed by atoms with Crippen LogP contribution in [0.25, 0.3) is 11.0 Å². The number of anilines is 1. The molecule has 180 valence electrons. The molecule has 1 heterocycles. The molecule has 0 unspecified atom stereocenters. The van der Waals surface area contributed by atoms with Gasteiger partial charge in [0.1, 0.15) is 16.9 Å². The van der Waals surface area contributed by atoms with E-state index in [1.54, 1.807) is 26.0 Å². The number of carbonyl (C=O) groups is 2. The summed E-state index contributed by atoms with van der Waals surface area (Å²) in [6.07, 6.45) is 0. The van der Waals surface area contributed by atoms with Crippen LogP contribution in [-0.4, -0.2) is 26.9 Å². The molecule has 7 nitrogen and oxygen atoms in total. The predicted octanol–water partition coefficient (Wildman–Crippen LogP) is 5.92. The zero-order chi connectivity index (χ0) is 25.3. The fraction of sp³-hybridized carbons (Fsp3) is 0.154. The molecule has 1 aromatic heterocycles. The van der Waals surface area contributed by atoms with Crippen molar-refractivity contribution >= 4 is 50.2 Å². The average molecular weight is 512 g/mol. The van der Waals surface area contributed by atoms with E-state index < -0.39 is 21.9 Å². The number of amides is 1. The number of ether oxygens (including phenoxy) is 1. The van der Waals surface area contributed by atoms with Crippen molar-refractivity contribution in [3.8, 4) is 0 Å². The number of esters is 1. The van der Waals surface area contributed by atoms with Gasteiger partial charge in [-0.2, -0.15) is 4.31 Å². The third-order valence-corrected chi connectivity index (χ3v) is 7.37. The van der Waals surface area contributed by atoms with Crippen molar-refractivity contribution in [3.63, 3.8) is 0 Å². The maximum atomic E-state index is 13.8. The van der Waals surface area contributed by atoms with Gasteiger partial charge >= 0.3 is 5.97 Å². The molecular weight excluding hydrogens is 490 g/mol. The summed E-state index contributed by atoms with van der Waals surface area (Å²) in [7, 11) is -4.33. The van der Waals surface area contributed by atoms with Gasteiger partial charge in [0.15, 0.2) is 0 Å². The smallest absolute Gasteiger partial charge is 0.342 e. The van der Waals surface area contributed by atoms with Crippen LogP contribution in [0.3, 0.4) is 0 Å². The lowest BCUT2D eigenvalue weighted by Crippen LogP contribution is -2.37. The minimum absolute atomic E-state index is 0.0457. The zero-order valence-electron chi connectivity index (χ0n) is 19.2. The zero-order valence-corrected chi connectivity index (χ0v) is 20.8. The van der Waals surface area contributed by atoms with Crippen LogP contribution >= 0.6 is 11.6 Å². The van der Waals surface area contributed by atoms with Gasteiger partial charge in [0.25, 0.3) is 15.9 Å². The number of hydrogen-bond acceptors (Lipinski definition) is 6. The number of nitrogens with zero attached hydrogens (tertiary/aromatic N) is 1. The summed E-state index contributed by atoms with van der Waals surface area (Å²) in [5.41, 5.74) is 1.58. The summed E-state index contributed by atoms with van der Waals surface area (Å²) >= 11 is 5.96. The molecule has 0 fully saturated rings. The third-order valence-electron chi connectivity index (χ3n) is 5.40. The summed E-state index contributed by atoms with van der Waals surface area (Å²) in [6.45, 7) is 5.29. The van der Waals surface area contributed by atoms with Crippen LogP contribution in [0.5, 0.6) is 0 Å². The number of rotatable bonds is 6. The van der Waals surface area contributed by atoms with Crippen molar-refractivity contribution in [1.82, 2.24) is 0 Å². The van der Waals surface area contributed by atoms with Crippen molar-refractivity contribution in [2.24, 2.45) is 0 Å². The SMILES string of the molecule is CCOC(=O)c1c(C)oc2ccc(N(C(=O)c3ccc(Cl)cc3)S(=O)(=O)c3ccc(C)cc3)cc12. The van der Waals surface area contributed by atoms with Gasteiger partial charge in [-0.3, -0.25) is 4.79 Å². The van der Waals surface area contributed by atoms with Crippen molar-refractivity contribution in [1.29, 1.82) is 0 Å². The van der Waals surface area contributed by atoms with Crippen LogP contribution in [0.15, 0.2) is 76.0 Å². The van der Waals surface area contributed by atoms with E-state index in [2.05, 4.69) is 0 Å². The maximum absolute atomic E-state index is 13.8. The molecule has 0 aliphatic carbocycles. The number of sulfonamides is 1. The summed E-state index contributed by atoms with van der Waals surface area (Å²) in [5, 5.41) is 0.746. The Hall–Kier alpha value is -3.62. The van der Waals surface area contributed by atoms with Gasteiger partial charge in [-0.05, 0) is 75.4 Å². The Kier molecular flexibility index (Phi) is 6.69. The predicted molar refractivity (Wildman–Crippen MR) is 134 cm³/mol. The Bertz CT molecular complexity index is 1520. The average Bonchev–Trinajstić information content (AvgIpc) is 3.15. The number of aryl methyl sites for hydroxylation is 2. The van der Waals surface area contributed by atoms with Crippen molar-refractivity contribution < 1.29 is 27.2 Å². The molecule has 0 spiro atoms. The molecule has 1 amide bonds. The molecule has 0 aliphatic rings. The van der Waals surface area contributed by atoms with Crippen LogP contribution in [0.4, 0.5) is 5.69 Å². The van der Waals surface area contributed by atoms with Gasteiger partial charge in [-0.15, -0.1) is 0 Å². The highest BCUT2D eigenvalue weighted by Crippen LogP contribution is 2.33. The molecule has 0 N–H and O–H groups in total. The highest BCUT2D eigenvalue weighted by Gasteiger charge is 2.33. The highest BCUT2D eigenvalue weighted by atomic mass is 35.5. The fourth-order valence-corrected chi connectivity index (χ4v) is 5.21. The van der Waals surface area contributed by atoms with E-state index in [1.807, 2.05) is 6.92 Å². The lowest BCUT2D eigenvalue weighted by molar-refractivity contribution is 0.0526. The van der Waals surface area contributed by atoms with Gasteiger partial charge in [0, 0.05) is 16.0 Å². The van der Waals surface area contributed by atoms with Crippen LogP contribution in [0.1, 0.15) is 39.0 Å². The van der Waals surface area contributed by atoms with Crippen LogP contribution < -0.4 is 4.31 Å². The van der Waals surface area contributed by atoms with E-state index in [0.717, 1.165) is 9.87 Å². The lowest BCUT2D eigenvalue weighted by Gasteiger charge is -2.23. The minimum atomic E-state index is -4.33. The standard InChI is InChI=1S/C26H22ClNO6S/c1-4-33-26(30)24-17(3)34-23-14-11-20(15-22(23)24)28(25(29)18-7-9-19(27)10-8-18)35(31,32)21-12-5-16(2)6-13-21/h5-15H,4H2,1-3H3. The van der Waals surface area contributed by atoms with Crippen molar-refractivity contribution in [2.75, 3.05) is 10.9 Å².